The molecule has 12 nitrogen and oxygen atoms in total. The minimum atomic E-state index is -3.26. The molecular formula is C31H35FN6O6S. The lowest BCUT2D eigenvalue weighted by Gasteiger charge is -2.34. The summed E-state index contributed by atoms with van der Waals surface area (Å²) in [7, 11) is -3.26. The Labute approximate surface area is 260 Å². The predicted octanol–water partition coefficient (Wildman–Crippen LogP) is 3.80. The summed E-state index contributed by atoms with van der Waals surface area (Å²) in [5.74, 6) is -0.415. The van der Waals surface area contributed by atoms with E-state index in [1.807, 2.05) is 11.0 Å². The number of fused-ring (bicyclic) bond motifs is 1. The van der Waals surface area contributed by atoms with E-state index in [2.05, 4.69) is 16.7 Å². The van der Waals surface area contributed by atoms with Crippen molar-refractivity contribution in [3.63, 3.8) is 0 Å². The zero-order valence-corrected chi connectivity index (χ0v) is 25.8. The Bertz CT molecular complexity index is 1760. The summed E-state index contributed by atoms with van der Waals surface area (Å²) in [6.07, 6.45) is 4.53. The average Bonchev–Trinajstić information content (AvgIpc) is 3.44. The van der Waals surface area contributed by atoms with Crippen LogP contribution in [0.3, 0.4) is 0 Å². The van der Waals surface area contributed by atoms with Crippen LogP contribution in [-0.4, -0.2) is 96.3 Å². The minimum Gasteiger partial charge on any atom is -0.508 e. The smallest absolute Gasteiger partial charge is 0.271 e. The maximum atomic E-state index is 13.7. The van der Waals surface area contributed by atoms with Crippen molar-refractivity contribution in [2.45, 2.75) is 19.5 Å². The van der Waals surface area contributed by atoms with Crippen LogP contribution >= 0.6 is 0 Å². The third kappa shape index (κ3) is 6.92. The van der Waals surface area contributed by atoms with E-state index in [9.17, 15) is 28.0 Å². The monoisotopic (exact) mass is 638 g/mol. The molecule has 238 valence electrons. The predicted molar refractivity (Wildman–Crippen MR) is 170 cm³/mol. The standard InChI is InChI=1S/C31H35FN6O6S/c1-21(18-33-2)30(34-26-8-7-24(17-29(26)40)35-9-12-37(13-10-35)45(3,42)43)23-16-27-31(41)38(14-11-36(27)19-23)28(20-44-32)22-5-4-6-25(39)15-22/h4-8,15-19,28,39-40H,2,9-14,20H2,1,3H3/b21-18-,34-30?. The molecule has 1 amide bonds. The van der Waals surface area contributed by atoms with Crippen molar-refractivity contribution >= 4 is 39.7 Å². The van der Waals surface area contributed by atoms with E-state index in [0.29, 0.717) is 66.5 Å². The van der Waals surface area contributed by atoms with Gasteiger partial charge in [0.2, 0.25) is 10.0 Å². The second-order valence-corrected chi connectivity index (χ2v) is 13.0. The van der Waals surface area contributed by atoms with Crippen molar-refractivity contribution in [2.24, 2.45) is 9.98 Å². The first-order valence-corrected chi connectivity index (χ1v) is 16.1. The van der Waals surface area contributed by atoms with Crippen molar-refractivity contribution in [3.8, 4) is 11.5 Å². The second-order valence-electron chi connectivity index (χ2n) is 11.0. The number of aromatic hydroxyl groups is 2. The van der Waals surface area contributed by atoms with Gasteiger partial charge in [-0.1, -0.05) is 12.1 Å². The molecule has 45 heavy (non-hydrogen) atoms. The molecule has 0 spiro atoms. The van der Waals surface area contributed by atoms with Gasteiger partial charge in [0.1, 0.15) is 29.5 Å². The van der Waals surface area contributed by atoms with Crippen LogP contribution in [0.2, 0.25) is 0 Å². The van der Waals surface area contributed by atoms with Crippen LogP contribution in [-0.2, 0) is 21.5 Å². The van der Waals surface area contributed by atoms with Crippen LogP contribution < -0.4 is 4.90 Å². The van der Waals surface area contributed by atoms with Crippen molar-refractivity contribution < 1.29 is 32.9 Å². The molecule has 2 aliphatic rings. The molecule has 1 aromatic heterocycles. The molecule has 1 saturated heterocycles. The van der Waals surface area contributed by atoms with Crippen LogP contribution in [0.25, 0.3) is 0 Å². The Morgan fingerprint density at radius 2 is 1.84 bits per heavy atom. The number of nitrogens with zero attached hydrogens (tertiary/aromatic N) is 6. The summed E-state index contributed by atoms with van der Waals surface area (Å²) in [4.78, 5) is 29.8. The van der Waals surface area contributed by atoms with E-state index >= 15 is 0 Å². The number of aliphatic imine (C=N–C) groups is 2. The van der Waals surface area contributed by atoms with E-state index in [0.717, 1.165) is 5.69 Å². The van der Waals surface area contributed by atoms with Gasteiger partial charge < -0.3 is 24.6 Å². The summed E-state index contributed by atoms with van der Waals surface area (Å²) in [5.41, 5.74) is 3.64. The first-order valence-electron chi connectivity index (χ1n) is 14.3. The Morgan fingerprint density at radius 3 is 2.49 bits per heavy atom. The molecule has 0 aliphatic carbocycles. The SMILES string of the molecule is C=N/C=C(/C)C(=Nc1ccc(N2CCN(S(C)(=O)=O)CC2)cc1O)c1cc2n(c1)CCN(C(COF)c1cccc(O)c1)C2=O. The number of benzene rings is 2. The van der Waals surface area contributed by atoms with Gasteiger partial charge in [0.15, 0.2) is 0 Å². The van der Waals surface area contributed by atoms with Crippen LogP contribution in [0.5, 0.6) is 11.5 Å². The van der Waals surface area contributed by atoms with Crippen LogP contribution in [0.15, 0.2) is 76.5 Å². The largest absolute Gasteiger partial charge is 0.508 e. The number of phenols is 2. The number of anilines is 1. The van der Waals surface area contributed by atoms with Gasteiger partial charge in [-0.25, -0.2) is 13.4 Å². The molecule has 0 radical (unpaired) electrons. The van der Waals surface area contributed by atoms with Gasteiger partial charge >= 0.3 is 0 Å². The lowest BCUT2D eigenvalue weighted by molar-refractivity contribution is -0.147. The Morgan fingerprint density at radius 1 is 1.09 bits per heavy atom. The van der Waals surface area contributed by atoms with E-state index in [-0.39, 0.29) is 24.0 Å². The third-order valence-corrected chi connectivity index (χ3v) is 9.31. The third-order valence-electron chi connectivity index (χ3n) is 8.01. The van der Waals surface area contributed by atoms with Gasteiger partial charge in [0, 0.05) is 69.0 Å². The maximum absolute atomic E-state index is 13.7. The molecule has 2 aromatic carbocycles. The summed E-state index contributed by atoms with van der Waals surface area (Å²) in [6.45, 7) is 7.31. The molecule has 5 rings (SSSR count). The fraction of sp³-hybridized carbons (Fsp3) is 0.323. The maximum Gasteiger partial charge on any atom is 0.271 e. The summed E-state index contributed by atoms with van der Waals surface area (Å²) in [5, 5.41) is 20.9. The summed E-state index contributed by atoms with van der Waals surface area (Å²) >= 11 is 0. The molecule has 2 aliphatic heterocycles. The fourth-order valence-electron chi connectivity index (χ4n) is 5.70. The number of phenolic OH excluding ortho intramolecular Hbond substituents is 2. The van der Waals surface area contributed by atoms with Crippen molar-refractivity contribution in [1.82, 2.24) is 13.8 Å². The quantitative estimate of drug-likeness (QED) is 0.322. The normalized spacial score (nSPS) is 17.4. The number of rotatable bonds is 10. The highest BCUT2D eigenvalue weighted by molar-refractivity contribution is 7.88. The molecule has 2 N–H and O–H groups in total. The Hall–Kier alpha value is -4.53. The molecule has 1 atom stereocenters. The molecule has 0 saturated carbocycles. The topological polar surface area (TPSA) is 140 Å². The summed E-state index contributed by atoms with van der Waals surface area (Å²) < 4.78 is 40.1. The fourth-order valence-corrected chi connectivity index (χ4v) is 6.53. The number of carbonyl (C=O) groups is 1. The Kier molecular flexibility index (Phi) is 9.37. The van der Waals surface area contributed by atoms with Gasteiger partial charge in [0.05, 0.1) is 18.0 Å². The number of piperazine rings is 1. The van der Waals surface area contributed by atoms with Crippen LogP contribution in [0.1, 0.15) is 34.6 Å². The average molecular weight is 639 g/mol. The lowest BCUT2D eigenvalue weighted by Crippen LogP contribution is -2.48. The Balaban J connectivity index is 1.43. The number of hydrogen-bond acceptors (Lipinski definition) is 9. The van der Waals surface area contributed by atoms with Crippen molar-refractivity contribution in [3.05, 3.63) is 83.3 Å². The number of halogens is 1. The van der Waals surface area contributed by atoms with Gasteiger partial charge in [-0.05, 0) is 59.6 Å². The highest BCUT2D eigenvalue weighted by Gasteiger charge is 2.33. The van der Waals surface area contributed by atoms with Gasteiger partial charge in [0.25, 0.3) is 5.91 Å². The van der Waals surface area contributed by atoms with Gasteiger partial charge in [-0.15, -0.1) is 0 Å². The highest BCUT2D eigenvalue weighted by Crippen LogP contribution is 2.34. The second kappa shape index (κ2) is 13.2. The van der Waals surface area contributed by atoms with Gasteiger partial charge in [-0.3, -0.25) is 9.79 Å². The molecule has 14 heteroatoms. The molecule has 1 unspecified atom stereocenters. The first-order chi connectivity index (χ1) is 21.5. The van der Waals surface area contributed by atoms with Crippen molar-refractivity contribution in [1.29, 1.82) is 0 Å². The van der Waals surface area contributed by atoms with Crippen LogP contribution in [0, 0.1) is 0 Å². The first kappa shape index (κ1) is 31.9. The number of amides is 1. The number of sulfonamides is 1. The van der Waals surface area contributed by atoms with E-state index < -0.39 is 22.7 Å². The number of hydrogen-bond donors (Lipinski definition) is 2. The van der Waals surface area contributed by atoms with E-state index in [4.69, 9.17) is 4.99 Å². The summed E-state index contributed by atoms with van der Waals surface area (Å²) in [6, 6.07) is 12.3. The lowest BCUT2D eigenvalue weighted by atomic mass is 10.0. The van der Waals surface area contributed by atoms with Gasteiger partial charge in [-0.2, -0.15) is 9.25 Å². The van der Waals surface area contributed by atoms with E-state index in [1.54, 1.807) is 48.0 Å². The molecular weight excluding hydrogens is 603 g/mol. The number of carbonyl (C=O) groups excluding carboxylic acids is 1. The molecule has 1 fully saturated rings. The minimum absolute atomic E-state index is 0.00349. The zero-order chi connectivity index (χ0) is 32.3. The number of aromatic nitrogens is 1. The number of allylic oxidation sites excluding steroid dienone is 1. The zero-order valence-electron chi connectivity index (χ0n) is 25.0. The van der Waals surface area contributed by atoms with Crippen LogP contribution in [0.4, 0.5) is 15.9 Å². The molecule has 3 heterocycles. The van der Waals surface area contributed by atoms with E-state index in [1.165, 1.54) is 33.8 Å². The highest BCUT2D eigenvalue weighted by atomic mass is 32.2. The molecule has 3 aromatic rings. The van der Waals surface area contributed by atoms with Crippen molar-refractivity contribution in [2.75, 3.05) is 50.5 Å². The molecule has 0 bridgehead atoms.